The summed E-state index contributed by atoms with van der Waals surface area (Å²) in [5.74, 6) is 1.74. The van der Waals surface area contributed by atoms with Gasteiger partial charge in [0.1, 0.15) is 5.75 Å². The first kappa shape index (κ1) is 15.4. The predicted molar refractivity (Wildman–Crippen MR) is 85.4 cm³/mol. The molecule has 0 aromatic heterocycles. The lowest BCUT2D eigenvalue weighted by Crippen LogP contribution is -2.27. The van der Waals surface area contributed by atoms with Gasteiger partial charge in [0.15, 0.2) is 0 Å². The van der Waals surface area contributed by atoms with Gasteiger partial charge in [-0.25, -0.2) is 0 Å². The first-order valence-electron chi connectivity index (χ1n) is 7.95. The topological polar surface area (TPSA) is 21.3 Å². The molecular weight excluding hydrogens is 246 g/mol. The maximum Gasteiger partial charge on any atom is 0.119 e. The van der Waals surface area contributed by atoms with Crippen molar-refractivity contribution in [2.45, 2.75) is 58.5 Å². The van der Waals surface area contributed by atoms with Crippen molar-refractivity contribution >= 4 is 0 Å². The van der Waals surface area contributed by atoms with Crippen LogP contribution in [0.15, 0.2) is 24.3 Å². The van der Waals surface area contributed by atoms with Crippen molar-refractivity contribution in [2.75, 3.05) is 13.1 Å². The molecule has 0 unspecified atom stereocenters. The van der Waals surface area contributed by atoms with Crippen LogP contribution in [0.5, 0.6) is 5.75 Å². The highest BCUT2D eigenvalue weighted by Gasteiger charge is 2.24. The Morgan fingerprint density at radius 1 is 1.20 bits per heavy atom. The molecule has 1 saturated carbocycles. The minimum atomic E-state index is 0.210. The summed E-state index contributed by atoms with van der Waals surface area (Å²) in [6.07, 6.45) is 4.07. The van der Waals surface area contributed by atoms with Gasteiger partial charge in [0.2, 0.25) is 0 Å². The highest BCUT2D eigenvalue weighted by Crippen LogP contribution is 2.30. The molecule has 112 valence electrons. The summed E-state index contributed by atoms with van der Waals surface area (Å²) in [7, 11) is 0. The molecule has 0 spiro atoms. The van der Waals surface area contributed by atoms with Crippen molar-refractivity contribution in [2.24, 2.45) is 5.92 Å². The summed E-state index contributed by atoms with van der Waals surface area (Å²) in [6.45, 7) is 11.3. The summed E-state index contributed by atoms with van der Waals surface area (Å²) in [5, 5.41) is 3.53. The quantitative estimate of drug-likeness (QED) is 0.720. The van der Waals surface area contributed by atoms with Crippen LogP contribution in [0.25, 0.3) is 0 Å². The molecule has 0 atom stereocenters. The number of rotatable bonds is 8. The van der Waals surface area contributed by atoms with Crippen molar-refractivity contribution in [1.29, 1.82) is 0 Å². The molecule has 1 aliphatic rings. The number of nitrogens with one attached hydrogen (secondary N) is 1. The average molecular weight is 275 g/mol. The lowest BCUT2D eigenvalue weighted by Gasteiger charge is -2.26. The second kappa shape index (κ2) is 6.62. The van der Waals surface area contributed by atoms with E-state index >= 15 is 0 Å². The largest absolute Gasteiger partial charge is 0.490 e. The van der Waals surface area contributed by atoms with Crippen LogP contribution < -0.4 is 10.1 Å². The zero-order valence-electron chi connectivity index (χ0n) is 13.4. The molecule has 0 saturated heterocycles. The molecule has 0 amide bonds. The van der Waals surface area contributed by atoms with E-state index in [-0.39, 0.29) is 5.41 Å². The summed E-state index contributed by atoms with van der Waals surface area (Å²) < 4.78 is 5.81. The zero-order valence-corrected chi connectivity index (χ0v) is 13.4. The molecule has 0 heterocycles. The Labute approximate surface area is 123 Å². The predicted octanol–water partition coefficient (Wildman–Crippen LogP) is 4.14. The smallest absolute Gasteiger partial charge is 0.119 e. The first-order chi connectivity index (χ1) is 9.47. The van der Waals surface area contributed by atoms with E-state index in [4.69, 9.17) is 4.74 Å². The highest BCUT2D eigenvalue weighted by molar-refractivity contribution is 5.32. The van der Waals surface area contributed by atoms with Crippen molar-refractivity contribution in [1.82, 2.24) is 5.32 Å². The minimum absolute atomic E-state index is 0.210. The minimum Gasteiger partial charge on any atom is -0.490 e. The third-order valence-electron chi connectivity index (χ3n) is 3.94. The van der Waals surface area contributed by atoms with Crippen LogP contribution in [0.1, 0.15) is 52.5 Å². The maximum atomic E-state index is 5.81. The van der Waals surface area contributed by atoms with Crippen molar-refractivity contribution in [3.05, 3.63) is 29.8 Å². The van der Waals surface area contributed by atoms with Crippen LogP contribution in [-0.2, 0) is 5.41 Å². The lowest BCUT2D eigenvalue weighted by molar-refractivity contribution is 0.303. The van der Waals surface area contributed by atoms with Gasteiger partial charge in [0.05, 0.1) is 6.10 Å². The summed E-state index contributed by atoms with van der Waals surface area (Å²) >= 11 is 0. The fourth-order valence-corrected chi connectivity index (χ4v) is 2.30. The molecule has 20 heavy (non-hydrogen) atoms. The van der Waals surface area contributed by atoms with E-state index in [0.717, 1.165) is 31.2 Å². The monoisotopic (exact) mass is 275 g/mol. The molecule has 0 bridgehead atoms. The Morgan fingerprint density at radius 2 is 1.85 bits per heavy atom. The number of benzene rings is 1. The van der Waals surface area contributed by atoms with Gasteiger partial charge in [-0.2, -0.15) is 0 Å². The van der Waals surface area contributed by atoms with E-state index in [1.165, 1.54) is 18.4 Å². The standard InChI is InChI=1S/C18H29NO/c1-14(2)13-19-12-11-18(3,4)15-5-7-16(8-6-15)20-17-9-10-17/h5-8,14,17,19H,9-13H2,1-4H3. The van der Waals surface area contributed by atoms with E-state index in [1.807, 2.05) is 0 Å². The Kier molecular flexibility index (Phi) is 5.09. The first-order valence-corrected chi connectivity index (χ1v) is 7.95. The van der Waals surface area contributed by atoms with E-state index in [2.05, 4.69) is 57.3 Å². The molecule has 1 aromatic carbocycles. The molecular formula is C18H29NO. The number of hydrogen-bond acceptors (Lipinski definition) is 2. The molecule has 2 nitrogen and oxygen atoms in total. The molecule has 2 heteroatoms. The highest BCUT2D eigenvalue weighted by atomic mass is 16.5. The Bertz CT molecular complexity index is 404. The van der Waals surface area contributed by atoms with Crippen LogP contribution in [0.4, 0.5) is 0 Å². The fraction of sp³-hybridized carbons (Fsp3) is 0.667. The Balaban J connectivity index is 1.83. The van der Waals surface area contributed by atoms with Crippen molar-refractivity contribution < 1.29 is 4.74 Å². The van der Waals surface area contributed by atoms with Crippen LogP contribution in [0, 0.1) is 5.92 Å². The molecule has 1 aromatic rings. The van der Waals surface area contributed by atoms with Crippen LogP contribution in [0.2, 0.25) is 0 Å². The van der Waals surface area contributed by atoms with Gasteiger partial charge < -0.3 is 10.1 Å². The summed E-state index contributed by atoms with van der Waals surface area (Å²) in [6, 6.07) is 8.69. The second-order valence-corrected chi connectivity index (χ2v) is 7.07. The van der Waals surface area contributed by atoms with Gasteiger partial charge in [-0.05, 0) is 61.4 Å². The zero-order chi connectivity index (χ0) is 14.6. The summed E-state index contributed by atoms with van der Waals surface area (Å²) in [4.78, 5) is 0. The van der Waals surface area contributed by atoms with Crippen molar-refractivity contribution in [3.8, 4) is 5.75 Å². The molecule has 1 N–H and O–H groups in total. The van der Waals surface area contributed by atoms with E-state index in [0.29, 0.717) is 6.10 Å². The molecule has 1 aliphatic carbocycles. The molecule has 0 aliphatic heterocycles. The van der Waals surface area contributed by atoms with E-state index in [9.17, 15) is 0 Å². The van der Waals surface area contributed by atoms with Gasteiger partial charge in [-0.3, -0.25) is 0 Å². The van der Waals surface area contributed by atoms with Crippen LogP contribution >= 0.6 is 0 Å². The van der Waals surface area contributed by atoms with Crippen molar-refractivity contribution in [3.63, 3.8) is 0 Å². The SMILES string of the molecule is CC(C)CNCCC(C)(C)c1ccc(OC2CC2)cc1. The Hall–Kier alpha value is -1.02. The summed E-state index contributed by atoms with van der Waals surface area (Å²) in [5.41, 5.74) is 1.61. The van der Waals surface area contributed by atoms with Gasteiger partial charge in [-0.15, -0.1) is 0 Å². The normalized spacial score (nSPS) is 15.7. The van der Waals surface area contributed by atoms with E-state index in [1.54, 1.807) is 0 Å². The van der Waals surface area contributed by atoms with E-state index < -0.39 is 0 Å². The number of hydrogen-bond donors (Lipinski definition) is 1. The van der Waals surface area contributed by atoms with Gasteiger partial charge in [-0.1, -0.05) is 39.8 Å². The third kappa shape index (κ3) is 4.82. The van der Waals surface area contributed by atoms with Crippen LogP contribution in [-0.4, -0.2) is 19.2 Å². The fourth-order valence-electron chi connectivity index (χ4n) is 2.30. The van der Waals surface area contributed by atoms with Crippen LogP contribution in [0.3, 0.4) is 0 Å². The molecule has 1 fully saturated rings. The maximum absolute atomic E-state index is 5.81. The van der Waals surface area contributed by atoms with Gasteiger partial charge in [0, 0.05) is 0 Å². The number of ether oxygens (including phenoxy) is 1. The molecule has 0 radical (unpaired) electrons. The Morgan fingerprint density at radius 3 is 2.40 bits per heavy atom. The second-order valence-electron chi connectivity index (χ2n) is 7.07. The van der Waals surface area contributed by atoms with Gasteiger partial charge >= 0.3 is 0 Å². The van der Waals surface area contributed by atoms with Gasteiger partial charge in [0.25, 0.3) is 0 Å². The molecule has 2 rings (SSSR count). The average Bonchev–Trinajstić information content (AvgIpc) is 3.19. The lowest BCUT2D eigenvalue weighted by atomic mass is 9.81. The third-order valence-corrected chi connectivity index (χ3v) is 3.94.